The summed E-state index contributed by atoms with van der Waals surface area (Å²) in [7, 11) is 0. The summed E-state index contributed by atoms with van der Waals surface area (Å²) < 4.78 is 5.06. The number of ether oxygens (including phenoxy) is 1. The van der Waals surface area contributed by atoms with E-state index in [9.17, 15) is 9.59 Å². The summed E-state index contributed by atoms with van der Waals surface area (Å²) in [5, 5.41) is 0.610. The van der Waals surface area contributed by atoms with Crippen LogP contribution in [0.25, 0.3) is 0 Å². The molecule has 0 saturated heterocycles. The van der Waals surface area contributed by atoms with Crippen LogP contribution < -0.4 is 0 Å². The van der Waals surface area contributed by atoms with Gasteiger partial charge in [-0.1, -0.05) is 23.7 Å². The molecule has 1 fully saturated rings. The van der Waals surface area contributed by atoms with E-state index in [0.717, 1.165) is 5.56 Å². The number of ketones is 1. The number of benzene rings is 1. The van der Waals surface area contributed by atoms with Gasteiger partial charge in [-0.3, -0.25) is 9.59 Å². The van der Waals surface area contributed by atoms with Crippen LogP contribution in [0.2, 0.25) is 5.02 Å². The Morgan fingerprint density at radius 1 is 1.35 bits per heavy atom. The van der Waals surface area contributed by atoms with Crippen molar-refractivity contribution in [3.63, 3.8) is 0 Å². The molecule has 17 heavy (non-hydrogen) atoms. The number of carbonyl (C=O) groups excluding carboxylic acids is 2. The highest BCUT2D eigenvalue weighted by Crippen LogP contribution is 2.42. The van der Waals surface area contributed by atoms with Gasteiger partial charge >= 0.3 is 5.97 Å². The Balaban J connectivity index is 2.32. The Hall–Kier alpha value is -1.35. The summed E-state index contributed by atoms with van der Waals surface area (Å²) in [6, 6.07) is 7.01. The first-order valence-electron chi connectivity index (χ1n) is 5.53. The molecule has 0 heterocycles. The van der Waals surface area contributed by atoms with Crippen LogP contribution in [0.15, 0.2) is 24.3 Å². The Morgan fingerprint density at radius 2 is 1.94 bits per heavy atom. The maximum atomic E-state index is 12.0. The smallest absolute Gasteiger partial charge is 0.317 e. The van der Waals surface area contributed by atoms with Crippen LogP contribution in [0, 0.1) is 0 Å². The molecule has 0 aliphatic heterocycles. The lowest BCUT2D eigenvalue weighted by Crippen LogP contribution is -2.49. The Morgan fingerprint density at radius 3 is 2.41 bits per heavy atom. The van der Waals surface area contributed by atoms with Gasteiger partial charge in [0.1, 0.15) is 11.2 Å². The third-order valence-corrected chi connectivity index (χ3v) is 3.31. The second-order valence-corrected chi connectivity index (χ2v) is 4.64. The Labute approximate surface area is 105 Å². The second kappa shape index (κ2) is 4.49. The van der Waals surface area contributed by atoms with E-state index in [1.54, 1.807) is 31.2 Å². The predicted molar refractivity (Wildman–Crippen MR) is 64.0 cm³/mol. The number of rotatable bonds is 3. The standard InChI is InChI=1S/C13H13ClO3/c1-2-17-12(16)13(7-11(15)8-13)9-3-5-10(14)6-4-9/h3-6H,2,7-8H2,1H3. The first kappa shape index (κ1) is 12.1. The molecule has 1 aliphatic rings. The van der Waals surface area contributed by atoms with E-state index >= 15 is 0 Å². The summed E-state index contributed by atoms with van der Waals surface area (Å²) >= 11 is 5.81. The monoisotopic (exact) mass is 252 g/mol. The van der Waals surface area contributed by atoms with Crippen LogP contribution in [-0.4, -0.2) is 18.4 Å². The highest BCUT2D eigenvalue weighted by Gasteiger charge is 2.52. The molecule has 2 rings (SSSR count). The van der Waals surface area contributed by atoms with Crippen molar-refractivity contribution in [2.45, 2.75) is 25.2 Å². The first-order valence-corrected chi connectivity index (χ1v) is 5.91. The van der Waals surface area contributed by atoms with Gasteiger partial charge in [-0.15, -0.1) is 0 Å². The molecule has 1 aromatic rings. The predicted octanol–water partition coefficient (Wildman–Crippen LogP) is 2.50. The lowest BCUT2D eigenvalue weighted by molar-refractivity contribution is -0.158. The lowest BCUT2D eigenvalue weighted by Gasteiger charge is -2.38. The number of esters is 1. The summed E-state index contributed by atoms with van der Waals surface area (Å²) in [6.07, 6.45) is 0.459. The van der Waals surface area contributed by atoms with Crippen molar-refractivity contribution < 1.29 is 14.3 Å². The summed E-state index contributed by atoms with van der Waals surface area (Å²) in [5.41, 5.74) is 0.0254. The molecule has 90 valence electrons. The van der Waals surface area contributed by atoms with Gasteiger partial charge in [0.2, 0.25) is 0 Å². The molecule has 1 saturated carbocycles. The van der Waals surface area contributed by atoms with Crippen molar-refractivity contribution in [3.05, 3.63) is 34.9 Å². The number of halogens is 1. The van der Waals surface area contributed by atoms with E-state index in [2.05, 4.69) is 0 Å². The van der Waals surface area contributed by atoms with Crippen LogP contribution in [0.5, 0.6) is 0 Å². The molecule has 0 radical (unpaired) electrons. The van der Waals surface area contributed by atoms with Crippen LogP contribution in [-0.2, 0) is 19.7 Å². The summed E-state index contributed by atoms with van der Waals surface area (Å²) in [4.78, 5) is 23.2. The quantitative estimate of drug-likeness (QED) is 0.777. The zero-order valence-electron chi connectivity index (χ0n) is 9.53. The molecule has 4 heteroatoms. The Bertz CT molecular complexity index is 442. The van der Waals surface area contributed by atoms with Crippen molar-refractivity contribution in [1.29, 1.82) is 0 Å². The molecule has 1 aliphatic carbocycles. The third kappa shape index (κ3) is 2.07. The maximum Gasteiger partial charge on any atom is 0.317 e. The van der Waals surface area contributed by atoms with E-state index in [1.165, 1.54) is 0 Å². The fourth-order valence-corrected chi connectivity index (χ4v) is 2.25. The molecule has 3 nitrogen and oxygen atoms in total. The average Bonchev–Trinajstić information content (AvgIpc) is 2.26. The van der Waals surface area contributed by atoms with Gasteiger partial charge in [0.15, 0.2) is 0 Å². The SMILES string of the molecule is CCOC(=O)C1(c2ccc(Cl)cc2)CC(=O)C1. The van der Waals surface area contributed by atoms with Crippen LogP contribution >= 0.6 is 11.6 Å². The van der Waals surface area contributed by atoms with E-state index in [-0.39, 0.29) is 24.6 Å². The minimum atomic E-state index is -0.780. The fourth-order valence-electron chi connectivity index (χ4n) is 2.13. The van der Waals surface area contributed by atoms with E-state index in [1.807, 2.05) is 0 Å². The molecule has 0 atom stereocenters. The van der Waals surface area contributed by atoms with Crippen molar-refractivity contribution in [3.8, 4) is 0 Å². The van der Waals surface area contributed by atoms with Crippen LogP contribution in [0.1, 0.15) is 25.3 Å². The maximum absolute atomic E-state index is 12.0. The number of hydrogen-bond acceptors (Lipinski definition) is 3. The molecule has 0 bridgehead atoms. The minimum absolute atomic E-state index is 0.0907. The molecule has 0 amide bonds. The zero-order chi connectivity index (χ0) is 12.5. The van der Waals surface area contributed by atoms with Gasteiger partial charge in [0.05, 0.1) is 6.61 Å². The first-order chi connectivity index (χ1) is 8.08. The minimum Gasteiger partial charge on any atom is -0.465 e. The molecular weight excluding hydrogens is 240 g/mol. The topological polar surface area (TPSA) is 43.4 Å². The van der Waals surface area contributed by atoms with E-state index in [4.69, 9.17) is 16.3 Å². The molecule has 0 spiro atoms. The molecule has 1 aromatic carbocycles. The van der Waals surface area contributed by atoms with Crippen molar-refractivity contribution in [2.75, 3.05) is 6.61 Å². The van der Waals surface area contributed by atoms with Crippen LogP contribution in [0.4, 0.5) is 0 Å². The van der Waals surface area contributed by atoms with E-state index in [0.29, 0.717) is 11.6 Å². The number of Topliss-reactive ketones (excluding diaryl/α,β-unsaturated/α-hetero) is 1. The van der Waals surface area contributed by atoms with Gasteiger partial charge in [-0.2, -0.15) is 0 Å². The highest BCUT2D eigenvalue weighted by atomic mass is 35.5. The second-order valence-electron chi connectivity index (χ2n) is 4.20. The largest absolute Gasteiger partial charge is 0.465 e. The molecular formula is C13H13ClO3. The normalized spacial score (nSPS) is 17.4. The molecule has 0 aromatic heterocycles. The third-order valence-electron chi connectivity index (χ3n) is 3.06. The lowest BCUT2D eigenvalue weighted by atomic mass is 9.63. The summed E-state index contributed by atoms with van der Waals surface area (Å²) in [6.45, 7) is 2.08. The number of carbonyl (C=O) groups is 2. The van der Waals surface area contributed by atoms with Gasteiger partial charge in [0.25, 0.3) is 0 Å². The van der Waals surface area contributed by atoms with E-state index < -0.39 is 5.41 Å². The van der Waals surface area contributed by atoms with Crippen molar-refractivity contribution >= 4 is 23.4 Å². The molecule has 0 unspecified atom stereocenters. The fraction of sp³-hybridized carbons (Fsp3) is 0.385. The van der Waals surface area contributed by atoms with Crippen molar-refractivity contribution in [2.24, 2.45) is 0 Å². The van der Waals surface area contributed by atoms with Gasteiger partial charge in [-0.05, 0) is 24.6 Å². The van der Waals surface area contributed by atoms with Gasteiger partial charge in [0, 0.05) is 17.9 Å². The zero-order valence-corrected chi connectivity index (χ0v) is 10.3. The van der Waals surface area contributed by atoms with Gasteiger partial charge in [-0.25, -0.2) is 0 Å². The van der Waals surface area contributed by atoms with Crippen LogP contribution in [0.3, 0.4) is 0 Å². The Kier molecular flexibility index (Phi) is 3.20. The molecule has 0 N–H and O–H groups in total. The average molecular weight is 253 g/mol. The van der Waals surface area contributed by atoms with Crippen molar-refractivity contribution in [1.82, 2.24) is 0 Å². The highest BCUT2D eigenvalue weighted by molar-refractivity contribution is 6.30. The van der Waals surface area contributed by atoms with Gasteiger partial charge < -0.3 is 4.74 Å². The summed E-state index contributed by atoms with van der Waals surface area (Å²) in [5.74, 6) is -0.227. The number of hydrogen-bond donors (Lipinski definition) is 0.